The van der Waals surface area contributed by atoms with Crippen molar-refractivity contribution in [2.75, 3.05) is 5.32 Å². The van der Waals surface area contributed by atoms with Gasteiger partial charge in [-0.1, -0.05) is 86.0 Å². The Hall–Kier alpha value is -4.82. The van der Waals surface area contributed by atoms with Crippen molar-refractivity contribution in [3.05, 3.63) is 140 Å². The van der Waals surface area contributed by atoms with Crippen molar-refractivity contribution in [2.24, 2.45) is 0 Å². The molecule has 6 aromatic rings. The van der Waals surface area contributed by atoms with E-state index in [2.05, 4.69) is 120 Å². The molecule has 172 valence electrons. The van der Waals surface area contributed by atoms with Gasteiger partial charge in [-0.3, -0.25) is 0 Å². The SMILES string of the molecule is C=Cc1ccc(-c2ccc3c(c2)c2cc(Nc4ccccc4)ccc2n3-c2ccc(C=C)cc2)cc1. The lowest BCUT2D eigenvalue weighted by Crippen LogP contribution is -1.94. The first-order chi connectivity index (χ1) is 17.7. The number of para-hydroxylation sites is 1. The van der Waals surface area contributed by atoms with Gasteiger partial charge in [-0.25, -0.2) is 0 Å². The molecule has 0 radical (unpaired) electrons. The van der Waals surface area contributed by atoms with Gasteiger partial charge in [-0.15, -0.1) is 0 Å². The number of aromatic nitrogens is 1. The van der Waals surface area contributed by atoms with E-state index in [1.165, 1.54) is 32.9 Å². The Morgan fingerprint density at radius 3 is 1.78 bits per heavy atom. The predicted octanol–water partition coefficient (Wildman–Crippen LogP) is 9.48. The highest BCUT2D eigenvalue weighted by atomic mass is 15.0. The molecule has 6 rings (SSSR count). The van der Waals surface area contributed by atoms with Crippen LogP contribution in [-0.2, 0) is 0 Å². The van der Waals surface area contributed by atoms with Crippen LogP contribution in [0.3, 0.4) is 0 Å². The zero-order valence-electron chi connectivity index (χ0n) is 20.0. The molecule has 2 nitrogen and oxygen atoms in total. The Balaban J connectivity index is 1.56. The van der Waals surface area contributed by atoms with Crippen LogP contribution in [0.15, 0.2) is 128 Å². The van der Waals surface area contributed by atoms with E-state index in [0.29, 0.717) is 0 Å². The number of rotatable bonds is 6. The highest BCUT2D eigenvalue weighted by molar-refractivity contribution is 6.11. The number of hydrogen-bond donors (Lipinski definition) is 1. The van der Waals surface area contributed by atoms with Gasteiger partial charge in [-0.2, -0.15) is 0 Å². The molecule has 5 aromatic carbocycles. The summed E-state index contributed by atoms with van der Waals surface area (Å²) in [5.74, 6) is 0. The molecule has 0 aliphatic rings. The minimum Gasteiger partial charge on any atom is -0.356 e. The van der Waals surface area contributed by atoms with E-state index >= 15 is 0 Å². The van der Waals surface area contributed by atoms with Crippen molar-refractivity contribution in [3.63, 3.8) is 0 Å². The Morgan fingerprint density at radius 1 is 0.528 bits per heavy atom. The van der Waals surface area contributed by atoms with Crippen LogP contribution in [0.25, 0.3) is 50.8 Å². The number of nitrogens with one attached hydrogen (secondary N) is 1. The van der Waals surface area contributed by atoms with Crippen molar-refractivity contribution in [1.82, 2.24) is 4.57 Å². The van der Waals surface area contributed by atoms with E-state index in [1.807, 2.05) is 30.4 Å². The maximum atomic E-state index is 3.90. The number of nitrogens with zero attached hydrogens (tertiary/aromatic N) is 1. The third-order valence-corrected chi connectivity index (χ3v) is 6.69. The molecule has 0 saturated carbocycles. The minimum atomic E-state index is 1.07. The maximum absolute atomic E-state index is 3.90. The molecule has 0 saturated heterocycles. The molecule has 2 heteroatoms. The molecule has 0 bridgehead atoms. The third kappa shape index (κ3) is 3.89. The van der Waals surface area contributed by atoms with Crippen LogP contribution < -0.4 is 5.32 Å². The van der Waals surface area contributed by atoms with Crippen LogP contribution in [0.4, 0.5) is 11.4 Å². The highest BCUT2D eigenvalue weighted by Gasteiger charge is 2.14. The van der Waals surface area contributed by atoms with Gasteiger partial charge in [0, 0.05) is 27.8 Å². The molecule has 0 aliphatic carbocycles. The largest absolute Gasteiger partial charge is 0.356 e. The monoisotopic (exact) mass is 462 g/mol. The molecule has 1 N–H and O–H groups in total. The van der Waals surface area contributed by atoms with Crippen LogP contribution in [0.2, 0.25) is 0 Å². The molecule has 0 fully saturated rings. The molecule has 0 unspecified atom stereocenters. The van der Waals surface area contributed by atoms with Crippen LogP contribution in [0.1, 0.15) is 11.1 Å². The van der Waals surface area contributed by atoms with Crippen LogP contribution in [0.5, 0.6) is 0 Å². The second kappa shape index (κ2) is 9.09. The van der Waals surface area contributed by atoms with Gasteiger partial charge in [-0.05, 0) is 76.9 Å². The zero-order valence-corrected chi connectivity index (χ0v) is 20.0. The number of fused-ring (bicyclic) bond motifs is 3. The summed E-state index contributed by atoms with van der Waals surface area (Å²) in [4.78, 5) is 0. The summed E-state index contributed by atoms with van der Waals surface area (Å²) < 4.78 is 2.34. The molecular formula is C34H26N2. The number of benzene rings is 5. The first-order valence-corrected chi connectivity index (χ1v) is 12.1. The van der Waals surface area contributed by atoms with Gasteiger partial charge >= 0.3 is 0 Å². The summed E-state index contributed by atoms with van der Waals surface area (Å²) >= 11 is 0. The van der Waals surface area contributed by atoms with Crippen molar-refractivity contribution in [1.29, 1.82) is 0 Å². The van der Waals surface area contributed by atoms with Gasteiger partial charge in [0.1, 0.15) is 0 Å². The van der Waals surface area contributed by atoms with E-state index in [9.17, 15) is 0 Å². The summed E-state index contributed by atoms with van der Waals surface area (Å²) in [6, 6.07) is 40.7. The smallest absolute Gasteiger partial charge is 0.0542 e. The van der Waals surface area contributed by atoms with Gasteiger partial charge in [0.15, 0.2) is 0 Å². The van der Waals surface area contributed by atoms with Gasteiger partial charge in [0.2, 0.25) is 0 Å². The zero-order chi connectivity index (χ0) is 24.5. The fourth-order valence-electron chi connectivity index (χ4n) is 4.82. The van der Waals surface area contributed by atoms with Crippen LogP contribution in [-0.4, -0.2) is 4.57 Å². The van der Waals surface area contributed by atoms with Gasteiger partial charge in [0.25, 0.3) is 0 Å². The summed E-state index contributed by atoms with van der Waals surface area (Å²) in [6.45, 7) is 7.77. The second-order valence-corrected chi connectivity index (χ2v) is 8.91. The molecule has 1 aromatic heterocycles. The second-order valence-electron chi connectivity index (χ2n) is 8.91. The van der Waals surface area contributed by atoms with E-state index in [-0.39, 0.29) is 0 Å². The van der Waals surface area contributed by atoms with Crippen LogP contribution >= 0.6 is 0 Å². The molecule has 36 heavy (non-hydrogen) atoms. The summed E-state index contributed by atoms with van der Waals surface area (Å²) in [6.07, 6.45) is 3.75. The van der Waals surface area contributed by atoms with E-state index in [1.54, 1.807) is 0 Å². The molecular weight excluding hydrogens is 436 g/mol. The first kappa shape index (κ1) is 21.7. The molecule has 0 spiro atoms. The Labute approximate surface area is 211 Å². The van der Waals surface area contributed by atoms with E-state index in [0.717, 1.165) is 28.2 Å². The lowest BCUT2D eigenvalue weighted by molar-refractivity contribution is 1.18. The Bertz CT molecular complexity index is 1700. The van der Waals surface area contributed by atoms with Gasteiger partial charge in [0.05, 0.1) is 11.0 Å². The van der Waals surface area contributed by atoms with Crippen molar-refractivity contribution < 1.29 is 0 Å². The van der Waals surface area contributed by atoms with Crippen molar-refractivity contribution in [3.8, 4) is 16.8 Å². The topological polar surface area (TPSA) is 17.0 Å². The molecule has 0 atom stereocenters. The average Bonchev–Trinajstić information content (AvgIpc) is 3.26. The molecule has 0 amide bonds. The number of hydrogen-bond acceptors (Lipinski definition) is 1. The van der Waals surface area contributed by atoms with Crippen molar-refractivity contribution >= 4 is 45.3 Å². The molecule has 0 aliphatic heterocycles. The summed E-state index contributed by atoms with van der Waals surface area (Å²) in [5, 5.41) is 5.99. The lowest BCUT2D eigenvalue weighted by Gasteiger charge is -2.10. The normalized spacial score (nSPS) is 11.0. The Morgan fingerprint density at radius 2 is 1.11 bits per heavy atom. The highest BCUT2D eigenvalue weighted by Crippen LogP contribution is 2.37. The van der Waals surface area contributed by atoms with Crippen molar-refractivity contribution in [2.45, 2.75) is 0 Å². The summed E-state index contributed by atoms with van der Waals surface area (Å²) in [5.41, 5.74) is 10.2. The standard InChI is InChI=1S/C34H26N2/c1-3-24-10-14-26(15-11-24)27-16-20-33-31(22-27)32-23-29(35-28-8-6-5-7-9-28)17-21-34(32)36(33)30-18-12-25(4-2)13-19-30/h3-23,35H,1-2H2. The third-order valence-electron chi connectivity index (χ3n) is 6.69. The van der Waals surface area contributed by atoms with Crippen LogP contribution in [0, 0.1) is 0 Å². The van der Waals surface area contributed by atoms with E-state index < -0.39 is 0 Å². The quantitative estimate of drug-likeness (QED) is 0.261. The maximum Gasteiger partial charge on any atom is 0.0542 e. The lowest BCUT2D eigenvalue weighted by atomic mass is 10.0. The summed E-state index contributed by atoms with van der Waals surface area (Å²) in [7, 11) is 0. The predicted molar refractivity (Wildman–Crippen MR) is 156 cm³/mol. The fourth-order valence-corrected chi connectivity index (χ4v) is 4.82. The van der Waals surface area contributed by atoms with Gasteiger partial charge < -0.3 is 9.88 Å². The Kier molecular flexibility index (Phi) is 5.48. The average molecular weight is 463 g/mol. The van der Waals surface area contributed by atoms with E-state index in [4.69, 9.17) is 0 Å². The number of anilines is 2. The fraction of sp³-hybridized carbons (Fsp3) is 0. The first-order valence-electron chi connectivity index (χ1n) is 12.1. The molecule has 1 heterocycles. The minimum absolute atomic E-state index is 1.07.